The number of carbonyl (C=O) groups is 1. The second kappa shape index (κ2) is 7.23. The van der Waals surface area contributed by atoms with Gasteiger partial charge in [-0.15, -0.1) is 11.3 Å². The third-order valence-electron chi connectivity index (χ3n) is 3.90. The molecule has 0 bridgehead atoms. The molecule has 1 N–H and O–H groups in total. The maximum Gasteiger partial charge on any atom is 0.248 e. The van der Waals surface area contributed by atoms with Crippen LogP contribution in [0.5, 0.6) is 0 Å². The number of hydrogen-bond donors (Lipinski definition) is 1. The van der Waals surface area contributed by atoms with Gasteiger partial charge in [-0.2, -0.15) is 0 Å². The summed E-state index contributed by atoms with van der Waals surface area (Å²) in [5, 5.41) is 6.05. The van der Waals surface area contributed by atoms with Crippen LogP contribution in [0.25, 0.3) is 0 Å². The first kappa shape index (κ1) is 16.8. The summed E-state index contributed by atoms with van der Waals surface area (Å²) in [6.45, 7) is 5.40. The highest BCUT2D eigenvalue weighted by atomic mass is 32.1. The number of ether oxygens (including phenoxy) is 1. The molecule has 1 saturated heterocycles. The highest BCUT2D eigenvalue weighted by Gasteiger charge is 2.29. The van der Waals surface area contributed by atoms with Gasteiger partial charge in [0, 0.05) is 43.3 Å². The van der Waals surface area contributed by atoms with Crippen LogP contribution in [-0.2, 0) is 9.53 Å². The van der Waals surface area contributed by atoms with E-state index in [1.165, 1.54) is 7.11 Å². The molecule has 2 aromatic rings. The van der Waals surface area contributed by atoms with E-state index in [0.29, 0.717) is 6.54 Å². The smallest absolute Gasteiger partial charge is 0.248 e. The van der Waals surface area contributed by atoms with Crippen molar-refractivity contribution in [1.29, 1.82) is 0 Å². The van der Waals surface area contributed by atoms with Crippen LogP contribution >= 0.6 is 11.3 Å². The van der Waals surface area contributed by atoms with Gasteiger partial charge in [0.15, 0.2) is 5.13 Å². The van der Waals surface area contributed by atoms with E-state index in [0.717, 1.165) is 41.1 Å². The van der Waals surface area contributed by atoms with Crippen LogP contribution in [-0.4, -0.2) is 52.6 Å². The molecule has 1 aliphatic rings. The average Bonchev–Trinajstić information content (AvgIpc) is 3.16. The first-order valence-corrected chi connectivity index (χ1v) is 8.74. The molecule has 0 spiro atoms. The van der Waals surface area contributed by atoms with E-state index >= 15 is 0 Å². The largest absolute Gasteiger partial charge is 0.375 e. The number of thiazole rings is 1. The van der Waals surface area contributed by atoms with Crippen LogP contribution in [0.4, 0.5) is 10.9 Å². The molecule has 7 nitrogen and oxygen atoms in total. The zero-order valence-corrected chi connectivity index (χ0v) is 14.9. The van der Waals surface area contributed by atoms with Crippen molar-refractivity contribution in [3.63, 3.8) is 0 Å². The number of carbonyl (C=O) groups excluding carboxylic acids is 1. The van der Waals surface area contributed by atoms with Crippen LogP contribution in [0.2, 0.25) is 0 Å². The molecule has 3 rings (SSSR count). The Morgan fingerprint density at radius 3 is 2.92 bits per heavy atom. The minimum atomic E-state index is 0.0178. The third-order valence-corrected chi connectivity index (χ3v) is 4.78. The molecule has 3 heterocycles. The molecular formula is C16H21N5O2S. The number of methoxy groups -OCH3 is 1. The van der Waals surface area contributed by atoms with Gasteiger partial charge in [0.05, 0.1) is 5.69 Å². The van der Waals surface area contributed by atoms with E-state index in [1.54, 1.807) is 11.3 Å². The van der Waals surface area contributed by atoms with Gasteiger partial charge in [-0.1, -0.05) is 0 Å². The standard InChI is InChI=1S/C16H21N5O2S/c1-10-6-13(20-16-18-11(2)9-24-16)19-15(17-10)12-4-5-21(7-12)14(22)8-23-3/h6,9,12H,4-5,7-8H2,1-3H3,(H,17,18,19,20). The van der Waals surface area contributed by atoms with Gasteiger partial charge in [0.1, 0.15) is 18.2 Å². The summed E-state index contributed by atoms with van der Waals surface area (Å²) in [7, 11) is 1.54. The number of hydrogen-bond acceptors (Lipinski definition) is 7. The maximum absolute atomic E-state index is 11.9. The maximum atomic E-state index is 11.9. The molecule has 1 fully saturated rings. The summed E-state index contributed by atoms with van der Waals surface area (Å²) in [5.74, 6) is 1.69. The van der Waals surface area contributed by atoms with Crippen molar-refractivity contribution >= 4 is 28.2 Å². The number of aryl methyl sites for hydroxylation is 2. The van der Waals surface area contributed by atoms with E-state index in [4.69, 9.17) is 4.74 Å². The topological polar surface area (TPSA) is 80.2 Å². The highest BCUT2D eigenvalue weighted by molar-refractivity contribution is 7.13. The Morgan fingerprint density at radius 1 is 1.38 bits per heavy atom. The van der Waals surface area contributed by atoms with Gasteiger partial charge >= 0.3 is 0 Å². The number of amides is 1. The molecule has 0 saturated carbocycles. The highest BCUT2D eigenvalue weighted by Crippen LogP contribution is 2.27. The van der Waals surface area contributed by atoms with Crippen LogP contribution < -0.4 is 5.32 Å². The molecular weight excluding hydrogens is 326 g/mol. The van der Waals surface area contributed by atoms with Crippen LogP contribution in [0.3, 0.4) is 0 Å². The minimum Gasteiger partial charge on any atom is -0.375 e. The van der Waals surface area contributed by atoms with Crippen molar-refractivity contribution < 1.29 is 9.53 Å². The molecule has 1 aliphatic heterocycles. The predicted molar refractivity (Wildman–Crippen MR) is 92.7 cm³/mol. The fourth-order valence-corrected chi connectivity index (χ4v) is 3.47. The average molecular weight is 347 g/mol. The Labute approximate surface area is 145 Å². The monoisotopic (exact) mass is 347 g/mol. The fourth-order valence-electron chi connectivity index (χ4n) is 2.77. The second-order valence-electron chi connectivity index (χ2n) is 5.93. The van der Waals surface area contributed by atoms with Crippen molar-refractivity contribution in [2.24, 2.45) is 0 Å². The third kappa shape index (κ3) is 3.88. The lowest BCUT2D eigenvalue weighted by molar-refractivity contribution is -0.134. The van der Waals surface area contributed by atoms with Crippen molar-refractivity contribution in [2.75, 3.05) is 32.1 Å². The summed E-state index contributed by atoms with van der Waals surface area (Å²) in [6, 6.07) is 1.91. The summed E-state index contributed by atoms with van der Waals surface area (Å²) in [4.78, 5) is 27.4. The lowest BCUT2D eigenvalue weighted by atomic mass is 10.1. The van der Waals surface area contributed by atoms with Gasteiger partial charge in [-0.25, -0.2) is 15.0 Å². The van der Waals surface area contributed by atoms with Crippen molar-refractivity contribution in [3.8, 4) is 0 Å². The Kier molecular flexibility index (Phi) is 5.06. The number of aromatic nitrogens is 3. The van der Waals surface area contributed by atoms with E-state index in [-0.39, 0.29) is 18.4 Å². The van der Waals surface area contributed by atoms with E-state index in [1.807, 2.05) is 30.2 Å². The summed E-state index contributed by atoms with van der Waals surface area (Å²) in [5.41, 5.74) is 1.88. The molecule has 1 unspecified atom stereocenters. The Hall–Kier alpha value is -2.06. The molecule has 1 atom stereocenters. The summed E-state index contributed by atoms with van der Waals surface area (Å²) in [6.07, 6.45) is 0.870. The van der Waals surface area contributed by atoms with Crippen molar-refractivity contribution in [1.82, 2.24) is 19.9 Å². The number of anilines is 2. The molecule has 0 aliphatic carbocycles. The van der Waals surface area contributed by atoms with E-state index in [2.05, 4.69) is 20.3 Å². The normalized spacial score (nSPS) is 17.3. The Balaban J connectivity index is 1.73. The Bertz CT molecular complexity index is 733. The lowest BCUT2D eigenvalue weighted by Crippen LogP contribution is -2.31. The molecule has 24 heavy (non-hydrogen) atoms. The number of nitrogens with zero attached hydrogens (tertiary/aromatic N) is 4. The van der Waals surface area contributed by atoms with E-state index in [9.17, 15) is 4.79 Å². The molecule has 1 amide bonds. The van der Waals surface area contributed by atoms with Crippen LogP contribution in [0.1, 0.15) is 29.6 Å². The molecule has 0 radical (unpaired) electrons. The molecule has 128 valence electrons. The number of nitrogens with one attached hydrogen (secondary N) is 1. The van der Waals surface area contributed by atoms with Crippen LogP contribution in [0.15, 0.2) is 11.4 Å². The SMILES string of the molecule is COCC(=O)N1CCC(c2nc(C)cc(Nc3nc(C)cs3)n2)C1. The fraction of sp³-hybridized carbons (Fsp3) is 0.500. The first-order chi connectivity index (χ1) is 11.5. The second-order valence-corrected chi connectivity index (χ2v) is 6.79. The van der Waals surface area contributed by atoms with Crippen molar-refractivity contribution in [2.45, 2.75) is 26.2 Å². The molecule has 2 aromatic heterocycles. The Morgan fingerprint density at radius 2 is 2.21 bits per heavy atom. The summed E-state index contributed by atoms with van der Waals surface area (Å²) < 4.78 is 4.93. The zero-order valence-electron chi connectivity index (χ0n) is 14.1. The van der Waals surface area contributed by atoms with Gasteiger partial charge < -0.3 is 15.0 Å². The number of rotatable bonds is 5. The quantitative estimate of drug-likeness (QED) is 0.893. The van der Waals surface area contributed by atoms with Gasteiger partial charge in [0.25, 0.3) is 0 Å². The van der Waals surface area contributed by atoms with Crippen LogP contribution in [0, 0.1) is 13.8 Å². The predicted octanol–water partition coefficient (Wildman–Crippen LogP) is 2.26. The van der Waals surface area contributed by atoms with Gasteiger partial charge in [-0.3, -0.25) is 4.79 Å². The molecule has 0 aromatic carbocycles. The summed E-state index contributed by atoms with van der Waals surface area (Å²) >= 11 is 1.55. The lowest BCUT2D eigenvalue weighted by Gasteiger charge is -2.16. The van der Waals surface area contributed by atoms with Crippen molar-refractivity contribution in [3.05, 3.63) is 28.7 Å². The van der Waals surface area contributed by atoms with Gasteiger partial charge in [0.2, 0.25) is 5.91 Å². The molecule has 8 heteroatoms. The number of likely N-dealkylation sites (tertiary alicyclic amines) is 1. The minimum absolute atomic E-state index is 0.0178. The van der Waals surface area contributed by atoms with E-state index < -0.39 is 0 Å². The first-order valence-electron chi connectivity index (χ1n) is 7.86. The zero-order chi connectivity index (χ0) is 17.1. The van der Waals surface area contributed by atoms with Gasteiger partial charge in [-0.05, 0) is 20.3 Å².